The van der Waals surface area contributed by atoms with Crippen molar-refractivity contribution in [1.29, 1.82) is 0 Å². The van der Waals surface area contributed by atoms with E-state index in [2.05, 4.69) is 33.5 Å². The van der Waals surface area contributed by atoms with Crippen LogP contribution in [0.15, 0.2) is 24.5 Å². The number of nitrogens with one attached hydrogen (secondary N) is 2. The second-order valence-corrected chi connectivity index (χ2v) is 7.15. The molecule has 2 heterocycles. The van der Waals surface area contributed by atoms with Gasteiger partial charge < -0.3 is 14.9 Å². The highest BCUT2D eigenvalue weighted by molar-refractivity contribution is 6.07. The minimum absolute atomic E-state index is 0.0901. The number of aromatic amines is 1. The third kappa shape index (κ3) is 2.71. The number of nitrogens with zero attached hydrogens (tertiary/aromatic N) is 3. The van der Waals surface area contributed by atoms with E-state index in [4.69, 9.17) is 0 Å². The van der Waals surface area contributed by atoms with Crippen molar-refractivity contribution in [3.8, 4) is 0 Å². The van der Waals surface area contributed by atoms with Gasteiger partial charge in [0.2, 0.25) is 0 Å². The van der Waals surface area contributed by atoms with Crippen LogP contribution in [-0.4, -0.2) is 25.7 Å². The Labute approximate surface area is 146 Å². The van der Waals surface area contributed by atoms with Gasteiger partial charge in [-0.2, -0.15) is 0 Å². The fraction of sp³-hybridized carbons (Fsp3) is 0.421. The van der Waals surface area contributed by atoms with E-state index < -0.39 is 0 Å². The van der Waals surface area contributed by atoms with E-state index in [-0.39, 0.29) is 11.9 Å². The predicted octanol–water partition coefficient (Wildman–Crippen LogP) is 2.91. The molecule has 0 saturated carbocycles. The van der Waals surface area contributed by atoms with Crippen LogP contribution in [0.4, 0.5) is 0 Å². The second kappa shape index (κ2) is 6.02. The van der Waals surface area contributed by atoms with Crippen LogP contribution >= 0.6 is 0 Å². The number of aromatic nitrogens is 4. The van der Waals surface area contributed by atoms with Gasteiger partial charge in [-0.15, -0.1) is 10.2 Å². The number of H-pyrrole nitrogens is 1. The fourth-order valence-corrected chi connectivity index (χ4v) is 3.83. The maximum atomic E-state index is 12.9. The van der Waals surface area contributed by atoms with Crippen molar-refractivity contribution in [2.75, 3.05) is 0 Å². The van der Waals surface area contributed by atoms with Gasteiger partial charge in [0.15, 0.2) is 5.82 Å². The number of para-hydroxylation sites is 1. The summed E-state index contributed by atoms with van der Waals surface area (Å²) in [5.74, 6) is 1.34. The number of rotatable bonds is 3. The zero-order valence-corrected chi connectivity index (χ0v) is 14.8. The molecule has 1 aliphatic rings. The van der Waals surface area contributed by atoms with Crippen molar-refractivity contribution < 1.29 is 4.79 Å². The number of benzene rings is 1. The molecule has 0 fully saturated rings. The summed E-state index contributed by atoms with van der Waals surface area (Å²) in [6.45, 7) is 4.21. The summed E-state index contributed by atoms with van der Waals surface area (Å²) in [7, 11) is 1.87. The molecule has 1 aromatic carbocycles. The maximum absolute atomic E-state index is 12.9. The van der Waals surface area contributed by atoms with Crippen molar-refractivity contribution >= 4 is 16.8 Å². The summed E-state index contributed by atoms with van der Waals surface area (Å²) in [5, 5.41) is 12.2. The van der Waals surface area contributed by atoms with Gasteiger partial charge in [-0.1, -0.05) is 19.1 Å². The van der Waals surface area contributed by atoms with E-state index in [1.165, 1.54) is 23.1 Å². The highest BCUT2D eigenvalue weighted by Crippen LogP contribution is 2.33. The first kappa shape index (κ1) is 15.9. The summed E-state index contributed by atoms with van der Waals surface area (Å²) in [5.41, 5.74) is 4.30. The van der Waals surface area contributed by atoms with Crippen LogP contribution < -0.4 is 5.32 Å². The summed E-state index contributed by atoms with van der Waals surface area (Å²) in [4.78, 5) is 16.4. The molecule has 130 valence electrons. The lowest BCUT2D eigenvalue weighted by Crippen LogP contribution is -2.28. The number of carbonyl (C=O) groups excluding carboxylic acids is 1. The average Bonchev–Trinajstić information content (AvgIpc) is 3.17. The largest absolute Gasteiger partial charge is 0.358 e. The zero-order valence-electron chi connectivity index (χ0n) is 14.8. The smallest absolute Gasteiger partial charge is 0.253 e. The van der Waals surface area contributed by atoms with E-state index in [0.29, 0.717) is 11.5 Å². The third-order valence-corrected chi connectivity index (χ3v) is 5.20. The minimum atomic E-state index is -0.208. The average molecular weight is 337 g/mol. The Morgan fingerprint density at radius 1 is 1.44 bits per heavy atom. The molecule has 3 aromatic rings. The fourth-order valence-electron chi connectivity index (χ4n) is 3.83. The minimum Gasteiger partial charge on any atom is -0.358 e. The quantitative estimate of drug-likeness (QED) is 0.771. The van der Waals surface area contributed by atoms with E-state index >= 15 is 0 Å². The Balaban J connectivity index is 1.67. The van der Waals surface area contributed by atoms with Crippen LogP contribution in [0.5, 0.6) is 0 Å². The van der Waals surface area contributed by atoms with Crippen LogP contribution in [0.2, 0.25) is 0 Å². The number of carbonyl (C=O) groups is 1. The normalized spacial score (nSPS) is 18.1. The van der Waals surface area contributed by atoms with E-state index in [9.17, 15) is 4.79 Å². The molecule has 1 aliphatic carbocycles. The van der Waals surface area contributed by atoms with Gasteiger partial charge in [0.1, 0.15) is 6.33 Å². The molecular formula is C19H23N5O. The molecule has 6 heteroatoms. The Kier molecular flexibility index (Phi) is 3.82. The second-order valence-electron chi connectivity index (χ2n) is 7.15. The van der Waals surface area contributed by atoms with E-state index in [1.807, 2.05) is 30.7 Å². The topological polar surface area (TPSA) is 75.6 Å². The van der Waals surface area contributed by atoms with Crippen molar-refractivity contribution in [3.63, 3.8) is 0 Å². The molecule has 0 unspecified atom stereocenters. The van der Waals surface area contributed by atoms with Crippen LogP contribution in [0, 0.1) is 5.92 Å². The van der Waals surface area contributed by atoms with Crippen molar-refractivity contribution in [1.82, 2.24) is 25.1 Å². The molecule has 2 N–H and O–H groups in total. The molecule has 0 saturated heterocycles. The highest BCUT2D eigenvalue weighted by atomic mass is 16.1. The lowest BCUT2D eigenvalue weighted by atomic mass is 9.87. The molecule has 2 atom stereocenters. The van der Waals surface area contributed by atoms with Crippen LogP contribution in [0.25, 0.3) is 10.9 Å². The molecule has 25 heavy (non-hydrogen) atoms. The molecule has 0 radical (unpaired) electrons. The molecule has 0 spiro atoms. The summed E-state index contributed by atoms with van der Waals surface area (Å²) < 4.78 is 1.82. The first-order chi connectivity index (χ1) is 12.0. The lowest BCUT2D eigenvalue weighted by Gasteiger charge is -2.17. The van der Waals surface area contributed by atoms with Crippen LogP contribution in [0.3, 0.4) is 0 Å². The predicted molar refractivity (Wildman–Crippen MR) is 96.4 cm³/mol. The summed E-state index contributed by atoms with van der Waals surface area (Å²) in [6, 6.07) is 5.76. The first-order valence-electron chi connectivity index (χ1n) is 8.81. The SMILES string of the molecule is C[C@@H]1CCc2[nH]c3c(C(=O)N[C@@H](C)c4nncn4C)cccc3c2C1. The number of hydrogen-bond acceptors (Lipinski definition) is 3. The Hall–Kier alpha value is -2.63. The molecule has 0 aliphatic heterocycles. The molecular weight excluding hydrogens is 314 g/mol. The van der Waals surface area contributed by atoms with Gasteiger partial charge in [0, 0.05) is 18.1 Å². The van der Waals surface area contributed by atoms with Crippen molar-refractivity contribution in [2.45, 2.75) is 39.2 Å². The summed E-state index contributed by atoms with van der Waals surface area (Å²) in [6.07, 6.45) is 4.97. The Morgan fingerprint density at radius 2 is 2.28 bits per heavy atom. The monoisotopic (exact) mass is 337 g/mol. The molecule has 0 bridgehead atoms. The Bertz CT molecular complexity index is 939. The zero-order chi connectivity index (χ0) is 17.6. The number of hydrogen-bond donors (Lipinski definition) is 2. The first-order valence-corrected chi connectivity index (χ1v) is 8.81. The number of amides is 1. The highest BCUT2D eigenvalue weighted by Gasteiger charge is 2.23. The van der Waals surface area contributed by atoms with E-state index in [1.54, 1.807) is 6.33 Å². The molecule has 2 aromatic heterocycles. The van der Waals surface area contributed by atoms with Gasteiger partial charge in [0.05, 0.1) is 17.1 Å². The maximum Gasteiger partial charge on any atom is 0.253 e. The summed E-state index contributed by atoms with van der Waals surface area (Å²) >= 11 is 0. The third-order valence-electron chi connectivity index (χ3n) is 5.20. The van der Waals surface area contributed by atoms with Crippen molar-refractivity contribution in [2.24, 2.45) is 13.0 Å². The molecule has 6 nitrogen and oxygen atoms in total. The molecule has 1 amide bonds. The van der Waals surface area contributed by atoms with Crippen LogP contribution in [-0.2, 0) is 19.9 Å². The van der Waals surface area contributed by atoms with Crippen LogP contribution in [0.1, 0.15) is 53.7 Å². The number of aryl methyl sites for hydroxylation is 2. The Morgan fingerprint density at radius 3 is 3.04 bits per heavy atom. The van der Waals surface area contributed by atoms with Crippen molar-refractivity contribution in [3.05, 3.63) is 47.2 Å². The standard InChI is InChI=1S/C19H23N5O/c1-11-7-8-16-15(9-11)13-5-4-6-14(17(13)22-16)19(25)21-12(2)18-23-20-10-24(18)3/h4-6,10-12,22H,7-9H2,1-3H3,(H,21,25)/t11-,12+/m1/s1. The lowest BCUT2D eigenvalue weighted by molar-refractivity contribution is 0.0939. The van der Waals surface area contributed by atoms with Gasteiger partial charge >= 0.3 is 0 Å². The van der Waals surface area contributed by atoms with Gasteiger partial charge in [-0.05, 0) is 43.7 Å². The van der Waals surface area contributed by atoms with E-state index in [0.717, 1.165) is 24.2 Å². The number of fused-ring (bicyclic) bond motifs is 3. The molecule has 4 rings (SSSR count). The van der Waals surface area contributed by atoms with Gasteiger partial charge in [0.25, 0.3) is 5.91 Å². The van der Waals surface area contributed by atoms with Gasteiger partial charge in [-0.25, -0.2) is 0 Å². The van der Waals surface area contributed by atoms with Gasteiger partial charge in [-0.3, -0.25) is 4.79 Å².